The van der Waals surface area contributed by atoms with Crippen molar-refractivity contribution in [3.05, 3.63) is 29.8 Å². The third-order valence-corrected chi connectivity index (χ3v) is 4.09. The summed E-state index contributed by atoms with van der Waals surface area (Å²) in [7, 11) is -4.36. The largest absolute Gasteiger partial charge is 0.417 e. The highest BCUT2D eigenvalue weighted by atomic mass is 32.2. The Morgan fingerprint density at radius 3 is 2.40 bits per heavy atom. The molecule has 0 bridgehead atoms. The second kappa shape index (κ2) is 6.08. The van der Waals surface area contributed by atoms with Crippen LogP contribution in [0.4, 0.5) is 13.2 Å². The molecule has 0 amide bonds. The highest BCUT2D eigenvalue weighted by Crippen LogP contribution is 2.33. The maximum atomic E-state index is 12.7. The van der Waals surface area contributed by atoms with E-state index in [0.717, 1.165) is 12.1 Å². The summed E-state index contributed by atoms with van der Waals surface area (Å²) in [5.41, 5.74) is 4.17. The normalized spacial score (nSPS) is 15.9. The van der Waals surface area contributed by atoms with Crippen molar-refractivity contribution in [1.29, 1.82) is 0 Å². The van der Waals surface area contributed by atoms with Gasteiger partial charge in [0.1, 0.15) is 0 Å². The van der Waals surface area contributed by atoms with Gasteiger partial charge in [-0.2, -0.15) is 13.2 Å². The number of sulfonamides is 1. The van der Waals surface area contributed by atoms with Crippen molar-refractivity contribution in [2.24, 2.45) is 5.73 Å². The minimum absolute atomic E-state index is 0.369. The summed E-state index contributed by atoms with van der Waals surface area (Å²) in [6, 6.07) is 2.92. The number of aliphatic hydroxyl groups excluding tert-OH is 1. The zero-order valence-corrected chi connectivity index (χ0v) is 11.4. The molecule has 5 nitrogen and oxygen atoms in total. The number of hydrogen-bond donors (Lipinski definition) is 3. The number of hydrogen-bond acceptors (Lipinski definition) is 4. The Morgan fingerprint density at radius 2 is 1.90 bits per heavy atom. The van der Waals surface area contributed by atoms with Crippen LogP contribution >= 0.6 is 0 Å². The Balaban J connectivity index is 3.05. The van der Waals surface area contributed by atoms with Crippen LogP contribution in [0.15, 0.2) is 29.2 Å². The van der Waals surface area contributed by atoms with E-state index in [4.69, 9.17) is 10.8 Å². The summed E-state index contributed by atoms with van der Waals surface area (Å²) >= 11 is 0. The van der Waals surface area contributed by atoms with Gasteiger partial charge in [0.25, 0.3) is 0 Å². The predicted octanol–water partition coefficient (Wildman–Crippen LogP) is 0.692. The SMILES string of the molecule is CC(O)C(N)CNS(=O)(=O)c1ccccc1C(F)(F)F. The quantitative estimate of drug-likeness (QED) is 0.746. The summed E-state index contributed by atoms with van der Waals surface area (Å²) in [4.78, 5) is -0.870. The number of aliphatic hydroxyl groups is 1. The van der Waals surface area contributed by atoms with Gasteiger partial charge in [-0.15, -0.1) is 0 Å². The molecule has 0 heterocycles. The lowest BCUT2D eigenvalue weighted by molar-refractivity contribution is -0.139. The van der Waals surface area contributed by atoms with E-state index >= 15 is 0 Å². The van der Waals surface area contributed by atoms with Crippen LogP contribution in [-0.2, 0) is 16.2 Å². The van der Waals surface area contributed by atoms with Crippen LogP contribution in [-0.4, -0.2) is 32.2 Å². The van der Waals surface area contributed by atoms with E-state index in [1.165, 1.54) is 13.0 Å². The van der Waals surface area contributed by atoms with E-state index in [9.17, 15) is 21.6 Å². The van der Waals surface area contributed by atoms with Crippen molar-refractivity contribution in [3.63, 3.8) is 0 Å². The van der Waals surface area contributed by atoms with Gasteiger partial charge in [-0.3, -0.25) is 0 Å². The maximum absolute atomic E-state index is 12.7. The van der Waals surface area contributed by atoms with E-state index < -0.39 is 38.8 Å². The fourth-order valence-electron chi connectivity index (χ4n) is 1.39. The number of rotatable bonds is 5. The minimum Gasteiger partial charge on any atom is -0.392 e. The van der Waals surface area contributed by atoms with E-state index in [2.05, 4.69) is 0 Å². The summed E-state index contributed by atoms with van der Waals surface area (Å²) in [5.74, 6) is 0. The van der Waals surface area contributed by atoms with Crippen molar-refractivity contribution in [2.75, 3.05) is 6.54 Å². The number of nitrogens with two attached hydrogens (primary N) is 1. The van der Waals surface area contributed by atoms with Gasteiger partial charge in [-0.25, -0.2) is 13.1 Å². The van der Waals surface area contributed by atoms with Crippen LogP contribution in [0.5, 0.6) is 0 Å². The maximum Gasteiger partial charge on any atom is 0.417 e. The molecule has 0 aliphatic rings. The van der Waals surface area contributed by atoms with Gasteiger partial charge in [0.05, 0.1) is 16.6 Å². The molecule has 0 aliphatic carbocycles. The van der Waals surface area contributed by atoms with Crippen LogP contribution in [0.1, 0.15) is 12.5 Å². The second-order valence-corrected chi connectivity index (χ2v) is 5.99. The summed E-state index contributed by atoms with van der Waals surface area (Å²) in [5, 5.41) is 9.13. The summed E-state index contributed by atoms with van der Waals surface area (Å²) in [6.45, 7) is 0.981. The van der Waals surface area contributed by atoms with E-state index in [1.807, 2.05) is 4.72 Å². The van der Waals surface area contributed by atoms with Crippen molar-refractivity contribution in [1.82, 2.24) is 4.72 Å². The predicted molar refractivity (Wildman–Crippen MR) is 66.3 cm³/mol. The van der Waals surface area contributed by atoms with Gasteiger partial charge in [-0.05, 0) is 19.1 Å². The first-order valence-electron chi connectivity index (χ1n) is 5.65. The molecule has 0 fully saturated rings. The Bertz CT molecular complexity index is 558. The molecule has 0 aromatic heterocycles. The smallest absolute Gasteiger partial charge is 0.392 e. The number of benzene rings is 1. The first-order valence-corrected chi connectivity index (χ1v) is 7.13. The van der Waals surface area contributed by atoms with Crippen molar-refractivity contribution >= 4 is 10.0 Å². The van der Waals surface area contributed by atoms with Crippen LogP contribution in [0, 0.1) is 0 Å². The molecule has 114 valence electrons. The number of alkyl halides is 3. The minimum atomic E-state index is -4.78. The van der Waals surface area contributed by atoms with E-state index in [-0.39, 0.29) is 6.54 Å². The topological polar surface area (TPSA) is 92.4 Å². The summed E-state index contributed by atoms with van der Waals surface area (Å²) < 4.78 is 64.0. The second-order valence-electron chi connectivity index (χ2n) is 4.25. The molecule has 0 saturated heterocycles. The van der Waals surface area contributed by atoms with Gasteiger partial charge >= 0.3 is 6.18 Å². The molecular formula is C11H15F3N2O3S. The molecule has 1 aromatic carbocycles. The number of halogens is 3. The molecule has 9 heteroatoms. The Labute approximate surface area is 114 Å². The van der Waals surface area contributed by atoms with Crippen molar-refractivity contribution in [2.45, 2.75) is 30.1 Å². The first-order chi connectivity index (χ1) is 9.05. The molecule has 4 N–H and O–H groups in total. The van der Waals surface area contributed by atoms with Gasteiger partial charge < -0.3 is 10.8 Å². The molecule has 2 atom stereocenters. The van der Waals surface area contributed by atoms with Gasteiger partial charge in [0.2, 0.25) is 10.0 Å². The number of nitrogens with one attached hydrogen (secondary N) is 1. The third kappa shape index (κ3) is 4.17. The van der Waals surface area contributed by atoms with E-state index in [0.29, 0.717) is 6.07 Å². The first kappa shape index (κ1) is 16.9. The van der Waals surface area contributed by atoms with Gasteiger partial charge in [0, 0.05) is 12.6 Å². The fraction of sp³-hybridized carbons (Fsp3) is 0.455. The van der Waals surface area contributed by atoms with Crippen LogP contribution in [0.2, 0.25) is 0 Å². The van der Waals surface area contributed by atoms with Crippen LogP contribution in [0.3, 0.4) is 0 Å². The van der Waals surface area contributed by atoms with Crippen molar-refractivity contribution in [3.8, 4) is 0 Å². The van der Waals surface area contributed by atoms with Crippen LogP contribution < -0.4 is 10.5 Å². The lowest BCUT2D eigenvalue weighted by Gasteiger charge is -2.17. The average molecular weight is 312 g/mol. The molecule has 0 radical (unpaired) electrons. The van der Waals surface area contributed by atoms with Crippen LogP contribution in [0.25, 0.3) is 0 Å². The lowest BCUT2D eigenvalue weighted by atomic mass is 10.2. The monoisotopic (exact) mass is 312 g/mol. The zero-order chi connectivity index (χ0) is 15.6. The standard InChI is InChI=1S/C11H15F3N2O3S/c1-7(17)9(15)6-16-20(18,19)10-5-3-2-4-8(10)11(12,13)14/h2-5,7,9,16-17H,6,15H2,1H3. The summed E-state index contributed by atoms with van der Waals surface area (Å²) in [6.07, 6.45) is -5.77. The highest BCUT2D eigenvalue weighted by Gasteiger charge is 2.36. The van der Waals surface area contributed by atoms with Gasteiger partial charge in [-0.1, -0.05) is 12.1 Å². The third-order valence-electron chi connectivity index (χ3n) is 2.61. The lowest BCUT2D eigenvalue weighted by Crippen LogP contribution is -2.43. The van der Waals surface area contributed by atoms with Gasteiger partial charge in [0.15, 0.2) is 0 Å². The highest BCUT2D eigenvalue weighted by molar-refractivity contribution is 7.89. The molecule has 2 unspecified atom stereocenters. The van der Waals surface area contributed by atoms with Crippen molar-refractivity contribution < 1.29 is 26.7 Å². The van der Waals surface area contributed by atoms with E-state index in [1.54, 1.807) is 0 Å². The molecular weight excluding hydrogens is 297 g/mol. The Morgan fingerprint density at radius 1 is 1.35 bits per heavy atom. The Kier molecular flexibility index (Phi) is 5.14. The molecule has 1 aromatic rings. The molecule has 0 saturated carbocycles. The molecule has 0 spiro atoms. The molecule has 0 aliphatic heterocycles. The Hall–Kier alpha value is -1.16. The average Bonchev–Trinajstić information content (AvgIpc) is 2.35. The zero-order valence-electron chi connectivity index (χ0n) is 10.6. The fourth-order valence-corrected chi connectivity index (χ4v) is 2.69. The molecule has 1 rings (SSSR count). The molecule has 20 heavy (non-hydrogen) atoms.